The van der Waals surface area contributed by atoms with Gasteiger partial charge in [0.15, 0.2) is 0 Å². The topological polar surface area (TPSA) is 53.1 Å². The Labute approximate surface area is 206 Å². The molecule has 0 aliphatic heterocycles. The van der Waals surface area contributed by atoms with Crippen molar-refractivity contribution in [1.29, 1.82) is 0 Å². The van der Waals surface area contributed by atoms with Gasteiger partial charge in [0.1, 0.15) is 11.6 Å². The highest BCUT2D eigenvalue weighted by atomic mass is 35.5. The summed E-state index contributed by atoms with van der Waals surface area (Å²) in [6.07, 6.45) is 3.46. The molecule has 0 amide bonds. The van der Waals surface area contributed by atoms with Crippen LogP contribution in [-0.4, -0.2) is 16.2 Å². The van der Waals surface area contributed by atoms with E-state index in [2.05, 4.69) is 40.7 Å². The first-order valence-electron chi connectivity index (χ1n) is 11.0. The van der Waals surface area contributed by atoms with Gasteiger partial charge in [-0.3, -0.25) is 0 Å². The van der Waals surface area contributed by atoms with Crippen molar-refractivity contribution in [3.05, 3.63) is 89.6 Å². The highest BCUT2D eigenvalue weighted by Gasteiger charge is 2.15. The maximum atomic E-state index is 6.54. The first-order valence-corrected chi connectivity index (χ1v) is 11.4. The lowest BCUT2D eigenvalue weighted by Gasteiger charge is -2.15. The number of benzene rings is 2. The number of halogens is 2. The zero-order valence-electron chi connectivity index (χ0n) is 18.7. The molecule has 4 nitrogen and oxygen atoms in total. The van der Waals surface area contributed by atoms with Crippen molar-refractivity contribution in [3.8, 4) is 28.3 Å². The van der Waals surface area contributed by atoms with Gasteiger partial charge in [-0.2, -0.15) is 0 Å². The van der Waals surface area contributed by atoms with Crippen LogP contribution in [0, 0.1) is 0 Å². The number of nitrogen functional groups attached to an aromatic ring is 1. The van der Waals surface area contributed by atoms with E-state index < -0.39 is 0 Å². The molecule has 0 atom stereocenters. The standard InChI is InChI=1S/C27H28ClN3O.ClH/c1-2-3-6-18-32-22-14-12-20(13-15-22)25-16-17-26(23-9-4-5-10-24(23)28)31(25)19-21-8-7-11-27(29)30-21;/h4-5,7-17H,2-3,6,18-19H2,1H3,(H2,29,30);1H. The van der Waals surface area contributed by atoms with Crippen LogP contribution >= 0.6 is 24.0 Å². The summed E-state index contributed by atoms with van der Waals surface area (Å²) < 4.78 is 8.12. The Morgan fingerprint density at radius 1 is 0.879 bits per heavy atom. The summed E-state index contributed by atoms with van der Waals surface area (Å²) in [4.78, 5) is 4.51. The molecule has 0 fully saturated rings. The number of hydrogen-bond donors (Lipinski definition) is 1. The van der Waals surface area contributed by atoms with Gasteiger partial charge in [-0.15, -0.1) is 12.4 Å². The third-order valence-electron chi connectivity index (χ3n) is 5.45. The van der Waals surface area contributed by atoms with E-state index >= 15 is 0 Å². The zero-order valence-corrected chi connectivity index (χ0v) is 20.3. The van der Waals surface area contributed by atoms with Crippen molar-refractivity contribution >= 4 is 29.8 Å². The first-order chi connectivity index (χ1) is 15.7. The van der Waals surface area contributed by atoms with Crippen LogP contribution in [0.5, 0.6) is 5.75 Å². The van der Waals surface area contributed by atoms with Crippen molar-refractivity contribution in [3.63, 3.8) is 0 Å². The third kappa shape index (κ3) is 6.10. The van der Waals surface area contributed by atoms with Crippen LogP contribution in [0.15, 0.2) is 78.9 Å². The maximum Gasteiger partial charge on any atom is 0.123 e. The fourth-order valence-electron chi connectivity index (χ4n) is 3.81. The Morgan fingerprint density at radius 3 is 2.36 bits per heavy atom. The van der Waals surface area contributed by atoms with Crippen LogP contribution < -0.4 is 10.5 Å². The fourth-order valence-corrected chi connectivity index (χ4v) is 4.04. The average Bonchev–Trinajstić information content (AvgIpc) is 3.20. The van der Waals surface area contributed by atoms with Gasteiger partial charge in [0.2, 0.25) is 0 Å². The number of rotatable bonds is 9. The van der Waals surface area contributed by atoms with E-state index in [1.165, 1.54) is 12.8 Å². The molecular weight excluding hydrogens is 453 g/mol. The molecule has 2 aromatic carbocycles. The molecule has 4 rings (SSSR count). The Kier molecular flexibility index (Phi) is 8.81. The molecule has 0 aliphatic rings. The summed E-state index contributed by atoms with van der Waals surface area (Å²) in [7, 11) is 0. The molecule has 2 aromatic heterocycles. The number of aromatic nitrogens is 2. The Morgan fingerprint density at radius 2 is 1.64 bits per heavy atom. The van der Waals surface area contributed by atoms with E-state index in [0.717, 1.165) is 52.0 Å². The lowest BCUT2D eigenvalue weighted by molar-refractivity contribution is 0.306. The molecule has 6 heteroatoms. The summed E-state index contributed by atoms with van der Waals surface area (Å²) in [5.74, 6) is 1.41. The van der Waals surface area contributed by atoms with Crippen LogP contribution in [0.2, 0.25) is 5.02 Å². The van der Waals surface area contributed by atoms with Crippen molar-refractivity contribution in [2.24, 2.45) is 0 Å². The summed E-state index contributed by atoms with van der Waals surface area (Å²) in [5.41, 5.74) is 11.0. The minimum atomic E-state index is 0. The highest BCUT2D eigenvalue weighted by Crippen LogP contribution is 2.34. The van der Waals surface area contributed by atoms with Gasteiger partial charge in [0, 0.05) is 16.3 Å². The van der Waals surface area contributed by atoms with E-state index in [9.17, 15) is 0 Å². The second-order valence-electron chi connectivity index (χ2n) is 7.80. The van der Waals surface area contributed by atoms with Crippen LogP contribution in [0.4, 0.5) is 5.82 Å². The summed E-state index contributed by atoms with van der Waals surface area (Å²) in [5, 5.41) is 0.717. The van der Waals surface area contributed by atoms with Crippen LogP contribution in [0.3, 0.4) is 0 Å². The SMILES string of the molecule is CCCCCOc1ccc(-c2ccc(-c3ccccc3Cl)n2Cc2cccc(N)n2)cc1.Cl. The van der Waals surface area contributed by atoms with Crippen molar-refractivity contribution < 1.29 is 4.74 Å². The molecule has 0 radical (unpaired) electrons. The normalized spacial score (nSPS) is 10.6. The number of nitrogens with zero attached hydrogens (tertiary/aromatic N) is 2. The highest BCUT2D eigenvalue weighted by molar-refractivity contribution is 6.33. The molecule has 0 saturated heterocycles. The van der Waals surface area contributed by atoms with Crippen molar-refractivity contribution in [2.45, 2.75) is 32.7 Å². The van der Waals surface area contributed by atoms with E-state index in [-0.39, 0.29) is 12.4 Å². The zero-order chi connectivity index (χ0) is 22.3. The van der Waals surface area contributed by atoms with Gasteiger partial charge in [-0.05, 0) is 66.6 Å². The second kappa shape index (κ2) is 11.8. The van der Waals surface area contributed by atoms with E-state index in [0.29, 0.717) is 12.4 Å². The van der Waals surface area contributed by atoms with Gasteiger partial charge in [0.05, 0.1) is 24.5 Å². The van der Waals surface area contributed by atoms with Crippen LogP contribution in [-0.2, 0) is 6.54 Å². The lowest BCUT2D eigenvalue weighted by Crippen LogP contribution is -2.06. The number of unbranched alkanes of at least 4 members (excludes halogenated alkanes) is 2. The van der Waals surface area contributed by atoms with E-state index in [1.807, 2.05) is 48.5 Å². The van der Waals surface area contributed by atoms with Crippen LogP contribution in [0.1, 0.15) is 31.9 Å². The number of hydrogen-bond acceptors (Lipinski definition) is 3. The minimum Gasteiger partial charge on any atom is -0.494 e. The fraction of sp³-hybridized carbons (Fsp3) is 0.222. The maximum absolute atomic E-state index is 6.54. The van der Waals surface area contributed by atoms with Gasteiger partial charge in [0.25, 0.3) is 0 Å². The molecule has 0 spiro atoms. The predicted molar refractivity (Wildman–Crippen MR) is 140 cm³/mol. The first kappa shape index (κ1) is 24.7. The molecule has 4 aromatic rings. The van der Waals surface area contributed by atoms with Gasteiger partial charge < -0.3 is 15.0 Å². The Hall–Kier alpha value is -2.95. The lowest BCUT2D eigenvalue weighted by atomic mass is 10.1. The molecule has 0 bridgehead atoms. The van der Waals surface area contributed by atoms with Crippen LogP contribution in [0.25, 0.3) is 22.5 Å². The summed E-state index contributed by atoms with van der Waals surface area (Å²) in [6, 6.07) is 26.1. The second-order valence-corrected chi connectivity index (χ2v) is 8.21. The largest absolute Gasteiger partial charge is 0.494 e. The average molecular weight is 482 g/mol. The number of nitrogens with two attached hydrogens (primary N) is 1. The van der Waals surface area contributed by atoms with Gasteiger partial charge >= 0.3 is 0 Å². The molecule has 2 heterocycles. The van der Waals surface area contributed by atoms with Crippen molar-refractivity contribution in [2.75, 3.05) is 12.3 Å². The molecule has 0 saturated carbocycles. The smallest absolute Gasteiger partial charge is 0.123 e. The molecule has 0 aliphatic carbocycles. The quantitative estimate of drug-likeness (QED) is 0.252. The van der Waals surface area contributed by atoms with E-state index in [4.69, 9.17) is 22.1 Å². The predicted octanol–water partition coefficient (Wildman–Crippen LogP) is 7.49. The molecule has 33 heavy (non-hydrogen) atoms. The number of ether oxygens (including phenoxy) is 1. The molecular formula is C27H29Cl2N3O. The Bertz CT molecular complexity index is 1170. The summed E-state index contributed by atoms with van der Waals surface area (Å²) >= 11 is 6.54. The van der Waals surface area contributed by atoms with E-state index in [1.54, 1.807) is 6.07 Å². The molecule has 2 N–H and O–H groups in total. The number of anilines is 1. The molecule has 172 valence electrons. The molecule has 0 unspecified atom stereocenters. The Balaban J connectivity index is 0.00000306. The summed E-state index contributed by atoms with van der Waals surface area (Å²) in [6.45, 7) is 3.53. The van der Waals surface area contributed by atoms with Crippen molar-refractivity contribution in [1.82, 2.24) is 9.55 Å². The number of pyridine rings is 1. The third-order valence-corrected chi connectivity index (χ3v) is 5.78. The monoisotopic (exact) mass is 481 g/mol. The van der Waals surface area contributed by atoms with Gasteiger partial charge in [-0.1, -0.05) is 55.6 Å². The van der Waals surface area contributed by atoms with Gasteiger partial charge in [-0.25, -0.2) is 4.98 Å². The minimum absolute atomic E-state index is 0.